The van der Waals surface area contributed by atoms with Gasteiger partial charge in [-0.1, -0.05) is 47.7 Å². The first-order valence-corrected chi connectivity index (χ1v) is 9.93. The molecule has 0 aliphatic carbocycles. The SMILES string of the molecule is O=C(COc1ccccc1)N(/N=C/c1cccs1)c1nc2ccccc2s1. The Bertz CT molecular complexity index is 1030. The lowest BCUT2D eigenvalue weighted by molar-refractivity contribution is -0.120. The van der Waals surface area contributed by atoms with E-state index in [1.54, 1.807) is 17.6 Å². The van der Waals surface area contributed by atoms with Crippen molar-refractivity contribution in [3.05, 3.63) is 77.0 Å². The average Bonchev–Trinajstić information content (AvgIpc) is 3.37. The van der Waals surface area contributed by atoms with Crippen LogP contribution in [0.5, 0.6) is 5.75 Å². The van der Waals surface area contributed by atoms with Gasteiger partial charge in [0.2, 0.25) is 5.13 Å². The highest BCUT2D eigenvalue weighted by Gasteiger charge is 2.20. The maximum Gasteiger partial charge on any atom is 0.287 e. The summed E-state index contributed by atoms with van der Waals surface area (Å²) >= 11 is 2.97. The predicted molar refractivity (Wildman–Crippen MR) is 111 cm³/mol. The van der Waals surface area contributed by atoms with Crippen molar-refractivity contribution in [1.29, 1.82) is 0 Å². The monoisotopic (exact) mass is 393 g/mol. The molecule has 1 amide bonds. The van der Waals surface area contributed by atoms with Gasteiger partial charge >= 0.3 is 0 Å². The van der Waals surface area contributed by atoms with E-state index < -0.39 is 0 Å². The van der Waals surface area contributed by atoms with Crippen LogP contribution in [0.4, 0.5) is 5.13 Å². The zero-order valence-electron chi connectivity index (χ0n) is 14.2. The number of ether oxygens (including phenoxy) is 1. The number of benzene rings is 2. The minimum Gasteiger partial charge on any atom is -0.484 e. The predicted octanol–water partition coefficient (Wildman–Crippen LogP) is 4.80. The molecule has 2 aromatic carbocycles. The molecule has 134 valence electrons. The fourth-order valence-corrected chi connectivity index (χ4v) is 3.89. The molecule has 0 bridgehead atoms. The van der Waals surface area contributed by atoms with Crippen molar-refractivity contribution in [1.82, 2.24) is 4.98 Å². The summed E-state index contributed by atoms with van der Waals surface area (Å²) in [6.45, 7) is -0.123. The number of aromatic nitrogens is 1. The van der Waals surface area contributed by atoms with E-state index in [1.165, 1.54) is 16.3 Å². The summed E-state index contributed by atoms with van der Waals surface area (Å²) in [6, 6.07) is 20.9. The van der Waals surface area contributed by atoms with Gasteiger partial charge in [-0.05, 0) is 35.7 Å². The van der Waals surface area contributed by atoms with Crippen LogP contribution in [-0.4, -0.2) is 23.7 Å². The number of nitrogens with zero attached hydrogens (tertiary/aromatic N) is 3. The first-order valence-electron chi connectivity index (χ1n) is 8.23. The van der Waals surface area contributed by atoms with Crippen molar-refractivity contribution in [2.24, 2.45) is 5.10 Å². The van der Waals surface area contributed by atoms with E-state index in [1.807, 2.05) is 72.1 Å². The highest BCUT2D eigenvalue weighted by Crippen LogP contribution is 2.29. The first-order chi connectivity index (χ1) is 13.3. The van der Waals surface area contributed by atoms with Crippen LogP contribution in [0.2, 0.25) is 0 Å². The summed E-state index contributed by atoms with van der Waals surface area (Å²) in [5.74, 6) is 0.350. The van der Waals surface area contributed by atoms with Crippen molar-refractivity contribution < 1.29 is 9.53 Å². The number of thiophene rings is 1. The molecule has 5 nitrogen and oxygen atoms in total. The van der Waals surface area contributed by atoms with Crippen LogP contribution < -0.4 is 9.75 Å². The zero-order valence-corrected chi connectivity index (χ0v) is 15.8. The Balaban J connectivity index is 1.59. The molecule has 0 spiro atoms. The van der Waals surface area contributed by atoms with Crippen LogP contribution in [0.25, 0.3) is 10.2 Å². The van der Waals surface area contributed by atoms with Crippen LogP contribution >= 0.6 is 22.7 Å². The third-order valence-electron chi connectivity index (χ3n) is 3.65. The van der Waals surface area contributed by atoms with E-state index in [-0.39, 0.29) is 12.5 Å². The van der Waals surface area contributed by atoms with Gasteiger partial charge in [-0.15, -0.1) is 11.3 Å². The second-order valence-electron chi connectivity index (χ2n) is 5.53. The van der Waals surface area contributed by atoms with E-state index in [0.717, 1.165) is 15.1 Å². The molecule has 4 rings (SSSR count). The zero-order chi connectivity index (χ0) is 18.5. The number of hydrogen-bond acceptors (Lipinski definition) is 6. The third kappa shape index (κ3) is 4.21. The molecule has 0 saturated carbocycles. The van der Waals surface area contributed by atoms with Crippen molar-refractivity contribution in [2.45, 2.75) is 0 Å². The Morgan fingerprint density at radius 3 is 2.67 bits per heavy atom. The standard InChI is InChI=1S/C20H15N3O2S2/c24-19(14-25-15-7-2-1-3-8-15)23(21-13-16-9-6-12-26-16)20-22-17-10-4-5-11-18(17)27-20/h1-13H,14H2/b21-13+. The fraction of sp³-hybridized carbons (Fsp3) is 0.0500. The van der Waals surface area contributed by atoms with Gasteiger partial charge < -0.3 is 4.74 Å². The normalized spacial score (nSPS) is 11.1. The second kappa shape index (κ2) is 8.11. The maximum absolute atomic E-state index is 12.8. The largest absolute Gasteiger partial charge is 0.484 e. The smallest absolute Gasteiger partial charge is 0.287 e. The Kier molecular flexibility index (Phi) is 5.22. The lowest BCUT2D eigenvalue weighted by Crippen LogP contribution is -2.30. The maximum atomic E-state index is 12.8. The number of anilines is 1. The van der Waals surface area contributed by atoms with Gasteiger partial charge in [-0.25, -0.2) is 4.98 Å². The summed E-state index contributed by atoms with van der Waals surface area (Å²) in [5, 5.41) is 8.17. The molecule has 0 unspecified atom stereocenters. The molecule has 4 aromatic rings. The molecule has 0 N–H and O–H groups in total. The lowest BCUT2D eigenvalue weighted by atomic mass is 10.3. The Morgan fingerprint density at radius 2 is 1.89 bits per heavy atom. The van der Waals surface area contributed by atoms with E-state index in [4.69, 9.17) is 4.74 Å². The number of para-hydroxylation sites is 2. The minimum atomic E-state index is -0.286. The van der Waals surface area contributed by atoms with E-state index in [9.17, 15) is 4.79 Å². The molecule has 0 saturated heterocycles. The third-order valence-corrected chi connectivity index (χ3v) is 5.47. The molecular formula is C20H15N3O2S2. The summed E-state index contributed by atoms with van der Waals surface area (Å²) in [7, 11) is 0. The molecule has 0 aliphatic rings. The summed E-state index contributed by atoms with van der Waals surface area (Å²) in [5.41, 5.74) is 0.839. The average molecular weight is 393 g/mol. The Hall–Kier alpha value is -3.03. The second-order valence-corrected chi connectivity index (χ2v) is 7.52. The molecule has 27 heavy (non-hydrogen) atoms. The minimum absolute atomic E-state index is 0.123. The number of hydrogen-bond donors (Lipinski definition) is 0. The van der Waals surface area contributed by atoms with Gasteiger partial charge in [0.05, 0.1) is 16.4 Å². The van der Waals surface area contributed by atoms with E-state index in [2.05, 4.69) is 10.1 Å². The van der Waals surface area contributed by atoms with Crippen molar-refractivity contribution in [3.63, 3.8) is 0 Å². The number of amides is 1. The number of carbonyl (C=O) groups is 1. The number of carbonyl (C=O) groups excluding carboxylic acids is 1. The van der Waals surface area contributed by atoms with Gasteiger partial charge in [0, 0.05) is 4.88 Å². The highest BCUT2D eigenvalue weighted by atomic mass is 32.1. The summed E-state index contributed by atoms with van der Waals surface area (Å²) < 4.78 is 6.60. The Morgan fingerprint density at radius 1 is 1.07 bits per heavy atom. The summed E-state index contributed by atoms with van der Waals surface area (Å²) in [6.07, 6.45) is 1.66. The van der Waals surface area contributed by atoms with Gasteiger partial charge in [0.25, 0.3) is 5.91 Å². The van der Waals surface area contributed by atoms with E-state index >= 15 is 0 Å². The molecule has 0 atom stereocenters. The number of hydrazone groups is 1. The van der Waals surface area contributed by atoms with Crippen molar-refractivity contribution >= 4 is 50.1 Å². The van der Waals surface area contributed by atoms with Crippen LogP contribution in [0.15, 0.2) is 77.2 Å². The first kappa shape index (κ1) is 17.4. The van der Waals surface area contributed by atoms with E-state index in [0.29, 0.717) is 10.9 Å². The van der Waals surface area contributed by atoms with Crippen LogP contribution in [0, 0.1) is 0 Å². The quantitative estimate of drug-likeness (QED) is 0.349. The summed E-state index contributed by atoms with van der Waals surface area (Å²) in [4.78, 5) is 18.3. The van der Waals surface area contributed by atoms with Crippen molar-refractivity contribution in [2.75, 3.05) is 11.6 Å². The molecule has 7 heteroatoms. The topological polar surface area (TPSA) is 54.8 Å². The van der Waals surface area contributed by atoms with Gasteiger partial charge in [0.1, 0.15) is 5.75 Å². The van der Waals surface area contributed by atoms with Gasteiger partial charge in [-0.3, -0.25) is 4.79 Å². The molecule has 2 aromatic heterocycles. The molecule has 0 radical (unpaired) electrons. The van der Waals surface area contributed by atoms with Gasteiger partial charge in [0.15, 0.2) is 6.61 Å². The molecule has 2 heterocycles. The van der Waals surface area contributed by atoms with Crippen LogP contribution in [0.1, 0.15) is 4.88 Å². The van der Waals surface area contributed by atoms with Crippen LogP contribution in [0.3, 0.4) is 0 Å². The molecular weight excluding hydrogens is 378 g/mol. The lowest BCUT2D eigenvalue weighted by Gasteiger charge is -2.14. The van der Waals surface area contributed by atoms with Crippen molar-refractivity contribution in [3.8, 4) is 5.75 Å². The number of fused-ring (bicyclic) bond motifs is 1. The number of rotatable bonds is 6. The number of thiazole rings is 1. The molecule has 0 aliphatic heterocycles. The van der Waals surface area contributed by atoms with Gasteiger partial charge in [-0.2, -0.15) is 10.1 Å². The Labute approximate surface area is 164 Å². The fourth-order valence-electron chi connectivity index (χ4n) is 2.37. The highest BCUT2D eigenvalue weighted by molar-refractivity contribution is 7.22. The van der Waals surface area contributed by atoms with Crippen LogP contribution in [-0.2, 0) is 4.79 Å². The molecule has 0 fully saturated rings.